The molecule has 0 saturated carbocycles. The number of benzene rings is 2. The van der Waals surface area contributed by atoms with Gasteiger partial charge in [0.2, 0.25) is 0 Å². The van der Waals surface area contributed by atoms with Gasteiger partial charge in [-0.25, -0.2) is 17.2 Å². The second-order valence-electron chi connectivity index (χ2n) is 5.79. The van der Waals surface area contributed by atoms with E-state index in [2.05, 4.69) is 0 Å². The lowest BCUT2D eigenvalue weighted by atomic mass is 10.1. The molecule has 0 radical (unpaired) electrons. The Morgan fingerprint density at radius 1 is 1.04 bits per heavy atom. The van der Waals surface area contributed by atoms with Gasteiger partial charge in [0.15, 0.2) is 0 Å². The summed E-state index contributed by atoms with van der Waals surface area (Å²) in [4.78, 5) is 12.6. The molecule has 0 spiro atoms. The number of ether oxygens (including phenoxy) is 1. The van der Waals surface area contributed by atoms with E-state index < -0.39 is 16.0 Å². The average molecular weight is 357 g/mol. The highest BCUT2D eigenvalue weighted by Gasteiger charge is 2.29. The molecule has 0 N–H and O–H groups in total. The van der Waals surface area contributed by atoms with Gasteiger partial charge in [0.25, 0.3) is 10.0 Å². The molecule has 0 bridgehead atoms. The summed E-state index contributed by atoms with van der Waals surface area (Å²) in [6.45, 7) is 5.48. The van der Waals surface area contributed by atoms with Crippen molar-refractivity contribution in [3.05, 3.63) is 65.4 Å². The van der Waals surface area contributed by atoms with E-state index >= 15 is 0 Å². The Balaban J connectivity index is 2.36. The van der Waals surface area contributed by atoms with E-state index in [0.717, 1.165) is 9.54 Å². The van der Waals surface area contributed by atoms with Gasteiger partial charge in [0.1, 0.15) is 5.69 Å². The second-order valence-corrected chi connectivity index (χ2v) is 7.58. The zero-order valence-corrected chi connectivity index (χ0v) is 15.1. The lowest BCUT2D eigenvalue weighted by Crippen LogP contribution is -2.20. The van der Waals surface area contributed by atoms with Crippen molar-refractivity contribution < 1.29 is 17.9 Å². The van der Waals surface area contributed by atoms with Crippen molar-refractivity contribution in [2.75, 3.05) is 6.61 Å². The van der Waals surface area contributed by atoms with E-state index in [1.807, 2.05) is 13.0 Å². The fourth-order valence-electron chi connectivity index (χ4n) is 2.87. The van der Waals surface area contributed by atoms with Crippen LogP contribution in [0.15, 0.2) is 53.4 Å². The highest BCUT2D eigenvalue weighted by atomic mass is 32.2. The first-order valence-electron chi connectivity index (χ1n) is 7.97. The molecule has 3 aromatic rings. The number of para-hydroxylation sites is 1. The zero-order chi connectivity index (χ0) is 18.2. The van der Waals surface area contributed by atoms with Crippen LogP contribution in [-0.2, 0) is 14.8 Å². The van der Waals surface area contributed by atoms with Crippen molar-refractivity contribution in [3.8, 4) is 0 Å². The van der Waals surface area contributed by atoms with Gasteiger partial charge in [-0.2, -0.15) is 0 Å². The highest BCUT2D eigenvalue weighted by molar-refractivity contribution is 7.90. The Hall–Kier alpha value is -2.60. The minimum Gasteiger partial charge on any atom is -0.461 e. The number of carbonyl (C=O) groups excluding carboxylic acids is 1. The minimum atomic E-state index is -3.94. The molecule has 5 nitrogen and oxygen atoms in total. The molecule has 25 heavy (non-hydrogen) atoms. The van der Waals surface area contributed by atoms with Crippen LogP contribution < -0.4 is 0 Å². The van der Waals surface area contributed by atoms with E-state index in [1.54, 1.807) is 56.3 Å². The third kappa shape index (κ3) is 2.82. The quantitative estimate of drug-likeness (QED) is 0.668. The molecule has 0 unspecified atom stereocenters. The molecule has 2 aromatic carbocycles. The van der Waals surface area contributed by atoms with Crippen molar-refractivity contribution in [3.63, 3.8) is 0 Å². The number of aromatic nitrogens is 1. The topological polar surface area (TPSA) is 65.4 Å². The van der Waals surface area contributed by atoms with Crippen LogP contribution in [0.5, 0.6) is 0 Å². The molecule has 0 aliphatic rings. The van der Waals surface area contributed by atoms with E-state index in [4.69, 9.17) is 4.74 Å². The van der Waals surface area contributed by atoms with Crippen molar-refractivity contribution in [2.45, 2.75) is 25.7 Å². The molecule has 130 valence electrons. The standard InChI is InChI=1S/C19H19NO4S/c1-4-24-19(21)18-14(3)16-7-5-6-8-17(16)20(18)25(22,23)15-11-9-13(2)10-12-15/h5-12H,4H2,1-3H3. The smallest absolute Gasteiger partial charge is 0.356 e. The molecule has 0 amide bonds. The van der Waals surface area contributed by atoms with Gasteiger partial charge in [-0.05, 0) is 44.5 Å². The molecule has 6 heteroatoms. The molecule has 0 aliphatic carbocycles. The van der Waals surface area contributed by atoms with Crippen LogP contribution in [-0.4, -0.2) is 25.0 Å². The molecule has 0 fully saturated rings. The average Bonchev–Trinajstić information content (AvgIpc) is 2.89. The maximum atomic E-state index is 13.3. The van der Waals surface area contributed by atoms with Gasteiger partial charge >= 0.3 is 5.97 Å². The van der Waals surface area contributed by atoms with E-state index in [1.165, 1.54) is 0 Å². The lowest BCUT2D eigenvalue weighted by Gasteiger charge is -2.12. The number of fused-ring (bicyclic) bond motifs is 1. The summed E-state index contributed by atoms with van der Waals surface area (Å²) in [6.07, 6.45) is 0. The predicted octanol–water partition coefficient (Wildman–Crippen LogP) is 3.67. The first-order chi connectivity index (χ1) is 11.9. The summed E-state index contributed by atoms with van der Waals surface area (Å²) >= 11 is 0. The van der Waals surface area contributed by atoms with Gasteiger partial charge in [-0.1, -0.05) is 35.9 Å². The van der Waals surface area contributed by atoms with E-state index in [-0.39, 0.29) is 17.2 Å². The number of esters is 1. The molecular weight excluding hydrogens is 338 g/mol. The van der Waals surface area contributed by atoms with Crippen LogP contribution in [0.2, 0.25) is 0 Å². The van der Waals surface area contributed by atoms with Crippen LogP contribution in [0.3, 0.4) is 0 Å². The van der Waals surface area contributed by atoms with E-state index in [0.29, 0.717) is 16.5 Å². The summed E-state index contributed by atoms with van der Waals surface area (Å²) in [6, 6.07) is 13.6. The summed E-state index contributed by atoms with van der Waals surface area (Å²) < 4.78 is 32.7. The zero-order valence-electron chi connectivity index (χ0n) is 14.3. The summed E-state index contributed by atoms with van der Waals surface area (Å²) in [5.41, 5.74) is 2.05. The Morgan fingerprint density at radius 2 is 1.68 bits per heavy atom. The van der Waals surface area contributed by atoms with Gasteiger partial charge in [-0.15, -0.1) is 0 Å². The SMILES string of the molecule is CCOC(=O)c1c(C)c2ccccc2n1S(=O)(=O)c1ccc(C)cc1. The molecule has 1 heterocycles. The third-order valence-electron chi connectivity index (χ3n) is 4.11. The number of carbonyl (C=O) groups is 1. The van der Waals surface area contributed by atoms with Gasteiger partial charge in [0, 0.05) is 5.39 Å². The Bertz CT molecular complexity index is 1050. The molecule has 0 saturated heterocycles. The Labute approximate surface area is 146 Å². The van der Waals surface area contributed by atoms with Gasteiger partial charge in [0.05, 0.1) is 17.0 Å². The number of rotatable bonds is 4. The third-order valence-corrected chi connectivity index (χ3v) is 5.84. The maximum Gasteiger partial charge on any atom is 0.356 e. The van der Waals surface area contributed by atoms with Crippen molar-refractivity contribution >= 4 is 26.9 Å². The predicted molar refractivity (Wildman–Crippen MR) is 96.4 cm³/mol. The van der Waals surface area contributed by atoms with E-state index in [9.17, 15) is 13.2 Å². The minimum absolute atomic E-state index is 0.0450. The van der Waals surface area contributed by atoms with Crippen LogP contribution in [0, 0.1) is 13.8 Å². The fraction of sp³-hybridized carbons (Fsp3) is 0.211. The van der Waals surface area contributed by atoms with Crippen LogP contribution >= 0.6 is 0 Å². The van der Waals surface area contributed by atoms with Crippen molar-refractivity contribution in [1.82, 2.24) is 3.97 Å². The number of nitrogens with zero attached hydrogens (tertiary/aromatic N) is 1. The van der Waals surface area contributed by atoms with Crippen molar-refractivity contribution in [2.24, 2.45) is 0 Å². The molecule has 1 aromatic heterocycles. The van der Waals surface area contributed by atoms with Crippen LogP contribution in [0.25, 0.3) is 10.9 Å². The first kappa shape index (κ1) is 17.2. The normalized spacial score (nSPS) is 11.6. The number of hydrogen-bond acceptors (Lipinski definition) is 4. The first-order valence-corrected chi connectivity index (χ1v) is 9.41. The molecule has 0 aliphatic heterocycles. The van der Waals surface area contributed by atoms with Crippen LogP contribution in [0.4, 0.5) is 0 Å². The number of hydrogen-bond donors (Lipinski definition) is 0. The fourth-order valence-corrected chi connectivity index (χ4v) is 4.43. The highest BCUT2D eigenvalue weighted by Crippen LogP contribution is 2.30. The van der Waals surface area contributed by atoms with Gasteiger partial charge in [-0.3, -0.25) is 0 Å². The summed E-state index contributed by atoms with van der Waals surface area (Å²) in [7, 11) is -3.94. The maximum absolute atomic E-state index is 13.3. The second kappa shape index (κ2) is 6.37. The Morgan fingerprint density at radius 3 is 2.32 bits per heavy atom. The Kier molecular flexibility index (Phi) is 4.39. The number of aryl methyl sites for hydroxylation is 2. The van der Waals surface area contributed by atoms with Crippen molar-refractivity contribution in [1.29, 1.82) is 0 Å². The van der Waals surface area contributed by atoms with Crippen LogP contribution in [0.1, 0.15) is 28.5 Å². The lowest BCUT2D eigenvalue weighted by molar-refractivity contribution is 0.0517. The molecule has 0 atom stereocenters. The summed E-state index contributed by atoms with van der Waals surface area (Å²) in [5, 5.41) is 0.709. The largest absolute Gasteiger partial charge is 0.461 e. The monoisotopic (exact) mass is 357 g/mol. The summed E-state index contributed by atoms with van der Waals surface area (Å²) in [5.74, 6) is -0.646. The molecule has 3 rings (SSSR count). The van der Waals surface area contributed by atoms with Gasteiger partial charge < -0.3 is 4.74 Å². The molecular formula is C19H19NO4S.